The van der Waals surface area contributed by atoms with Crippen LogP contribution in [-0.4, -0.2) is 43.9 Å². The number of rotatable bonds is 8. The maximum Gasteiger partial charge on any atom is 0.191 e. The molecular weight excluding hydrogens is 421 g/mol. The van der Waals surface area contributed by atoms with Crippen molar-refractivity contribution >= 4 is 29.9 Å². The summed E-state index contributed by atoms with van der Waals surface area (Å²) < 4.78 is 16.7. The maximum absolute atomic E-state index is 5.88. The van der Waals surface area contributed by atoms with Gasteiger partial charge in [0, 0.05) is 19.7 Å². The van der Waals surface area contributed by atoms with Crippen molar-refractivity contribution in [2.45, 2.75) is 57.5 Å². The Labute approximate surface area is 160 Å². The summed E-state index contributed by atoms with van der Waals surface area (Å²) in [5, 5.41) is 6.83. The second-order valence-electron chi connectivity index (χ2n) is 6.11. The largest absolute Gasteiger partial charge is 0.467 e. The number of nitrogens with zero attached hydrogens (tertiary/aromatic N) is 1. The van der Waals surface area contributed by atoms with Crippen molar-refractivity contribution in [3.63, 3.8) is 0 Å². The molecule has 0 amide bonds. The number of fused-ring (bicyclic) bond motifs is 2. The van der Waals surface area contributed by atoms with Gasteiger partial charge in [-0.25, -0.2) is 0 Å². The molecule has 2 aliphatic heterocycles. The third-order valence-electron chi connectivity index (χ3n) is 4.31. The first-order chi connectivity index (χ1) is 11.3. The van der Waals surface area contributed by atoms with E-state index in [9.17, 15) is 0 Å². The Balaban J connectivity index is 0.00000208. The van der Waals surface area contributed by atoms with Gasteiger partial charge in [0.2, 0.25) is 0 Å². The zero-order valence-electron chi connectivity index (χ0n) is 14.2. The molecule has 24 heavy (non-hydrogen) atoms. The lowest BCUT2D eigenvalue weighted by Crippen LogP contribution is -2.47. The summed E-state index contributed by atoms with van der Waals surface area (Å²) in [5.41, 5.74) is 0. The zero-order chi connectivity index (χ0) is 15.9. The van der Waals surface area contributed by atoms with Gasteiger partial charge in [-0.1, -0.05) is 0 Å². The molecular formula is C17H28IN3O3. The summed E-state index contributed by atoms with van der Waals surface area (Å²) >= 11 is 0. The molecule has 3 heterocycles. The van der Waals surface area contributed by atoms with E-state index in [0.717, 1.165) is 37.7 Å². The van der Waals surface area contributed by atoms with Crippen LogP contribution >= 0.6 is 24.0 Å². The molecule has 2 aliphatic rings. The van der Waals surface area contributed by atoms with E-state index in [2.05, 4.69) is 22.5 Å². The standard InChI is InChI=1S/C17H27N3O3.HI/c1-2-18-17(20-15-11-13-6-7-16(15)23-13)19-8-4-9-21-12-14-5-3-10-22-14;/h3,5,10,13,15-16H,2,4,6-9,11-12H2,1H3,(H2,18,19,20);1H. The van der Waals surface area contributed by atoms with Crippen molar-refractivity contribution in [1.82, 2.24) is 10.6 Å². The number of guanidine groups is 1. The molecule has 136 valence electrons. The smallest absolute Gasteiger partial charge is 0.191 e. The Morgan fingerprint density at radius 3 is 3.00 bits per heavy atom. The van der Waals surface area contributed by atoms with Crippen molar-refractivity contribution in [3.8, 4) is 0 Å². The highest BCUT2D eigenvalue weighted by Crippen LogP contribution is 2.34. The molecule has 2 bridgehead atoms. The van der Waals surface area contributed by atoms with Crippen molar-refractivity contribution < 1.29 is 13.9 Å². The third-order valence-corrected chi connectivity index (χ3v) is 4.31. The fourth-order valence-electron chi connectivity index (χ4n) is 3.21. The summed E-state index contributed by atoms with van der Waals surface area (Å²) in [6, 6.07) is 4.20. The first-order valence-corrected chi connectivity index (χ1v) is 8.65. The van der Waals surface area contributed by atoms with Crippen LogP contribution in [0.3, 0.4) is 0 Å². The molecule has 3 rings (SSSR count). The van der Waals surface area contributed by atoms with Crippen LogP contribution in [0, 0.1) is 0 Å². The predicted molar refractivity (Wildman–Crippen MR) is 104 cm³/mol. The van der Waals surface area contributed by atoms with E-state index in [4.69, 9.17) is 13.9 Å². The zero-order valence-corrected chi connectivity index (χ0v) is 16.5. The van der Waals surface area contributed by atoms with Gasteiger partial charge in [-0.2, -0.15) is 0 Å². The monoisotopic (exact) mass is 449 g/mol. The lowest BCUT2D eigenvalue weighted by Gasteiger charge is -2.22. The van der Waals surface area contributed by atoms with Gasteiger partial charge in [-0.05, 0) is 44.7 Å². The van der Waals surface area contributed by atoms with Gasteiger partial charge >= 0.3 is 0 Å². The normalized spacial score (nSPS) is 25.5. The Hall–Kier alpha value is -0.800. The van der Waals surface area contributed by atoms with Gasteiger partial charge in [0.1, 0.15) is 12.4 Å². The quantitative estimate of drug-likeness (QED) is 0.277. The minimum atomic E-state index is 0. The van der Waals surface area contributed by atoms with Crippen molar-refractivity contribution in [3.05, 3.63) is 24.2 Å². The molecule has 0 aliphatic carbocycles. The first-order valence-electron chi connectivity index (χ1n) is 8.65. The Morgan fingerprint density at radius 1 is 1.42 bits per heavy atom. The predicted octanol–water partition coefficient (Wildman–Crippen LogP) is 2.68. The molecule has 2 fully saturated rings. The fourth-order valence-corrected chi connectivity index (χ4v) is 3.21. The molecule has 3 unspecified atom stereocenters. The molecule has 1 aromatic heterocycles. The van der Waals surface area contributed by atoms with Crippen LogP contribution in [0.4, 0.5) is 0 Å². The lowest BCUT2D eigenvalue weighted by atomic mass is 9.96. The molecule has 2 N–H and O–H groups in total. The van der Waals surface area contributed by atoms with Crippen LogP contribution in [-0.2, 0) is 16.1 Å². The van der Waals surface area contributed by atoms with Crippen LogP contribution in [0.25, 0.3) is 0 Å². The third kappa shape index (κ3) is 5.63. The van der Waals surface area contributed by atoms with Gasteiger partial charge in [-0.15, -0.1) is 24.0 Å². The molecule has 7 heteroatoms. The molecule has 0 saturated carbocycles. The summed E-state index contributed by atoms with van der Waals surface area (Å²) in [6.45, 7) is 4.90. The van der Waals surface area contributed by atoms with Gasteiger partial charge in [0.05, 0.1) is 24.5 Å². The van der Waals surface area contributed by atoms with Gasteiger partial charge < -0.3 is 24.5 Å². The molecule has 0 radical (unpaired) electrons. The molecule has 0 aromatic carbocycles. The average Bonchev–Trinajstić information content (AvgIpc) is 3.28. The van der Waals surface area contributed by atoms with Crippen LogP contribution < -0.4 is 10.6 Å². The Kier molecular flexibility index (Phi) is 8.34. The molecule has 2 saturated heterocycles. The van der Waals surface area contributed by atoms with E-state index in [1.807, 2.05) is 12.1 Å². The maximum atomic E-state index is 5.88. The van der Waals surface area contributed by atoms with Crippen LogP contribution in [0.5, 0.6) is 0 Å². The van der Waals surface area contributed by atoms with E-state index in [-0.39, 0.29) is 24.0 Å². The Bertz CT molecular complexity index is 495. The molecule has 0 spiro atoms. The van der Waals surface area contributed by atoms with Crippen LogP contribution in [0.1, 0.15) is 38.4 Å². The van der Waals surface area contributed by atoms with E-state index in [1.165, 1.54) is 12.8 Å². The van der Waals surface area contributed by atoms with Crippen LogP contribution in [0.2, 0.25) is 0 Å². The van der Waals surface area contributed by atoms with Gasteiger partial charge in [-0.3, -0.25) is 4.99 Å². The minimum Gasteiger partial charge on any atom is -0.467 e. The SMILES string of the molecule is CCNC(=NCCCOCc1ccco1)NC1CC2CCC1O2.I. The number of nitrogens with one attached hydrogen (secondary N) is 2. The Morgan fingerprint density at radius 2 is 2.33 bits per heavy atom. The number of hydrogen-bond donors (Lipinski definition) is 2. The number of ether oxygens (including phenoxy) is 2. The average molecular weight is 449 g/mol. The number of halogens is 1. The highest BCUT2D eigenvalue weighted by molar-refractivity contribution is 14.0. The topological polar surface area (TPSA) is 68.0 Å². The van der Waals surface area contributed by atoms with Crippen molar-refractivity contribution in [1.29, 1.82) is 0 Å². The summed E-state index contributed by atoms with van der Waals surface area (Å²) in [4.78, 5) is 4.63. The first kappa shape index (κ1) is 19.5. The summed E-state index contributed by atoms with van der Waals surface area (Å²) in [7, 11) is 0. The van der Waals surface area contributed by atoms with E-state index >= 15 is 0 Å². The fraction of sp³-hybridized carbons (Fsp3) is 0.706. The van der Waals surface area contributed by atoms with Gasteiger partial charge in [0.25, 0.3) is 0 Å². The summed E-state index contributed by atoms with van der Waals surface area (Å²) in [6.07, 6.45) is 6.85. The number of hydrogen-bond acceptors (Lipinski definition) is 4. The summed E-state index contributed by atoms with van der Waals surface area (Å²) in [5.74, 6) is 1.75. The van der Waals surface area contributed by atoms with E-state index < -0.39 is 0 Å². The molecule has 1 aromatic rings. The lowest BCUT2D eigenvalue weighted by molar-refractivity contribution is 0.0991. The second-order valence-corrected chi connectivity index (χ2v) is 6.11. The minimum absolute atomic E-state index is 0. The van der Waals surface area contributed by atoms with Gasteiger partial charge in [0.15, 0.2) is 5.96 Å². The second kappa shape index (κ2) is 10.2. The number of furan rings is 1. The van der Waals surface area contributed by atoms with E-state index in [1.54, 1.807) is 6.26 Å². The van der Waals surface area contributed by atoms with E-state index in [0.29, 0.717) is 31.5 Å². The van der Waals surface area contributed by atoms with Crippen molar-refractivity contribution in [2.24, 2.45) is 4.99 Å². The van der Waals surface area contributed by atoms with Crippen LogP contribution in [0.15, 0.2) is 27.8 Å². The highest BCUT2D eigenvalue weighted by Gasteiger charge is 2.41. The van der Waals surface area contributed by atoms with Crippen molar-refractivity contribution in [2.75, 3.05) is 19.7 Å². The number of aliphatic imine (C=N–C) groups is 1. The molecule has 6 nitrogen and oxygen atoms in total. The highest BCUT2D eigenvalue weighted by atomic mass is 127. The molecule has 3 atom stereocenters.